The van der Waals surface area contributed by atoms with Crippen molar-refractivity contribution in [2.24, 2.45) is 5.73 Å². The topological polar surface area (TPSA) is 76.8 Å². The largest absolute Gasteiger partial charge is 0.497 e. The number of nitrogens with two attached hydrogens (primary N) is 1. The zero-order valence-corrected chi connectivity index (χ0v) is 13.5. The van der Waals surface area contributed by atoms with Crippen molar-refractivity contribution in [1.82, 2.24) is 10.2 Å². The van der Waals surface area contributed by atoms with Crippen LogP contribution in [0.25, 0.3) is 0 Å². The lowest BCUT2D eigenvalue weighted by molar-refractivity contribution is -0.125. The molecule has 22 heavy (non-hydrogen) atoms. The van der Waals surface area contributed by atoms with Crippen LogP contribution in [0.4, 0.5) is 0 Å². The van der Waals surface area contributed by atoms with E-state index in [-0.39, 0.29) is 18.0 Å². The van der Waals surface area contributed by atoms with Crippen molar-refractivity contribution in [3.05, 3.63) is 23.8 Å². The van der Waals surface area contributed by atoms with Crippen molar-refractivity contribution >= 4 is 5.91 Å². The molecule has 3 N–H and O–H groups in total. The number of methoxy groups -OCH3 is 2. The third kappa shape index (κ3) is 3.69. The first kappa shape index (κ1) is 16.6. The summed E-state index contributed by atoms with van der Waals surface area (Å²) in [6.45, 7) is 3.85. The van der Waals surface area contributed by atoms with E-state index in [2.05, 4.69) is 10.2 Å². The van der Waals surface area contributed by atoms with Crippen molar-refractivity contribution in [1.29, 1.82) is 0 Å². The quantitative estimate of drug-likeness (QED) is 0.811. The van der Waals surface area contributed by atoms with Crippen LogP contribution in [0.15, 0.2) is 18.2 Å². The second-order valence-corrected chi connectivity index (χ2v) is 5.51. The number of likely N-dealkylation sites (tertiary alicyclic amines) is 1. The Morgan fingerprint density at radius 3 is 2.82 bits per heavy atom. The number of nitrogens with one attached hydrogen (secondary N) is 1. The average molecular weight is 307 g/mol. The normalized spacial score (nSPS) is 21.6. The number of carbonyl (C=O) groups is 1. The molecule has 1 fully saturated rings. The highest BCUT2D eigenvalue weighted by molar-refractivity contribution is 5.82. The molecule has 2 rings (SSSR count). The Bertz CT molecular complexity index is 521. The number of hydrogen-bond donors (Lipinski definition) is 2. The molecular formula is C16H25N3O3. The molecule has 0 aromatic heterocycles. The second-order valence-electron chi connectivity index (χ2n) is 5.51. The van der Waals surface area contributed by atoms with E-state index < -0.39 is 0 Å². The minimum atomic E-state index is -0.189. The van der Waals surface area contributed by atoms with Crippen LogP contribution in [-0.4, -0.2) is 50.2 Å². The van der Waals surface area contributed by atoms with E-state index in [1.807, 2.05) is 25.1 Å². The molecule has 0 saturated carbocycles. The van der Waals surface area contributed by atoms with Gasteiger partial charge < -0.3 is 20.5 Å². The first-order valence-corrected chi connectivity index (χ1v) is 7.57. The number of carbonyl (C=O) groups excluding carboxylic acids is 1. The van der Waals surface area contributed by atoms with Crippen molar-refractivity contribution in [2.75, 3.05) is 27.3 Å². The van der Waals surface area contributed by atoms with E-state index in [1.54, 1.807) is 14.2 Å². The number of rotatable bonds is 6. The van der Waals surface area contributed by atoms with Crippen molar-refractivity contribution in [3.63, 3.8) is 0 Å². The van der Waals surface area contributed by atoms with Gasteiger partial charge in [-0.15, -0.1) is 0 Å². The lowest BCUT2D eigenvalue weighted by Crippen LogP contribution is -2.42. The van der Waals surface area contributed by atoms with Crippen molar-refractivity contribution in [2.45, 2.75) is 32.0 Å². The SMILES string of the molecule is CCNC(=O)[C@@H]1C[C@H](N)CN1Cc1cc(OC)ccc1OC. The highest BCUT2D eigenvalue weighted by Crippen LogP contribution is 2.28. The van der Waals surface area contributed by atoms with E-state index in [0.29, 0.717) is 26.1 Å². The van der Waals surface area contributed by atoms with Crippen molar-refractivity contribution in [3.8, 4) is 11.5 Å². The van der Waals surface area contributed by atoms with Crippen LogP contribution in [0.1, 0.15) is 18.9 Å². The van der Waals surface area contributed by atoms with Gasteiger partial charge in [0, 0.05) is 31.2 Å². The Kier molecular flexibility index (Phi) is 5.63. The summed E-state index contributed by atoms with van der Waals surface area (Å²) in [5.74, 6) is 1.60. The molecule has 1 saturated heterocycles. The molecule has 0 radical (unpaired) electrons. The summed E-state index contributed by atoms with van der Waals surface area (Å²) in [5, 5.41) is 2.88. The molecule has 122 valence electrons. The van der Waals surface area contributed by atoms with E-state index in [4.69, 9.17) is 15.2 Å². The summed E-state index contributed by atoms with van der Waals surface area (Å²) in [7, 11) is 3.27. The van der Waals surface area contributed by atoms with Gasteiger partial charge in [0.25, 0.3) is 0 Å². The highest BCUT2D eigenvalue weighted by atomic mass is 16.5. The zero-order valence-electron chi connectivity index (χ0n) is 13.5. The molecular weight excluding hydrogens is 282 g/mol. The number of ether oxygens (including phenoxy) is 2. The van der Waals surface area contributed by atoms with Gasteiger partial charge in [0.2, 0.25) is 5.91 Å². The van der Waals surface area contributed by atoms with Crippen LogP contribution in [-0.2, 0) is 11.3 Å². The second kappa shape index (κ2) is 7.47. The molecule has 0 bridgehead atoms. The molecule has 1 aliphatic rings. The monoisotopic (exact) mass is 307 g/mol. The first-order chi connectivity index (χ1) is 10.6. The molecule has 0 unspecified atom stereocenters. The van der Waals surface area contributed by atoms with E-state index in [1.165, 1.54) is 0 Å². The summed E-state index contributed by atoms with van der Waals surface area (Å²) < 4.78 is 10.7. The first-order valence-electron chi connectivity index (χ1n) is 7.57. The van der Waals surface area contributed by atoms with Crippen LogP contribution >= 0.6 is 0 Å². The van der Waals surface area contributed by atoms with Crippen LogP contribution in [0.5, 0.6) is 11.5 Å². The van der Waals surface area contributed by atoms with Gasteiger partial charge in [-0.2, -0.15) is 0 Å². The molecule has 0 spiro atoms. The average Bonchev–Trinajstić information content (AvgIpc) is 2.88. The molecule has 1 aliphatic heterocycles. The number of amides is 1. The smallest absolute Gasteiger partial charge is 0.237 e. The highest BCUT2D eigenvalue weighted by Gasteiger charge is 2.35. The van der Waals surface area contributed by atoms with Gasteiger partial charge in [0.15, 0.2) is 0 Å². The fraction of sp³-hybridized carbons (Fsp3) is 0.562. The number of hydrogen-bond acceptors (Lipinski definition) is 5. The fourth-order valence-corrected chi connectivity index (χ4v) is 2.90. The maximum Gasteiger partial charge on any atom is 0.237 e. The van der Waals surface area contributed by atoms with E-state index >= 15 is 0 Å². The van der Waals surface area contributed by atoms with Gasteiger partial charge in [-0.3, -0.25) is 9.69 Å². The summed E-state index contributed by atoms with van der Waals surface area (Å²) >= 11 is 0. The molecule has 0 aliphatic carbocycles. The number of benzene rings is 1. The predicted molar refractivity (Wildman–Crippen MR) is 85.0 cm³/mol. The Morgan fingerprint density at radius 1 is 1.41 bits per heavy atom. The molecule has 1 aromatic rings. The minimum Gasteiger partial charge on any atom is -0.497 e. The van der Waals surface area contributed by atoms with Gasteiger partial charge in [0.1, 0.15) is 11.5 Å². The molecule has 6 heteroatoms. The number of nitrogens with zero attached hydrogens (tertiary/aromatic N) is 1. The Hall–Kier alpha value is -1.79. The van der Waals surface area contributed by atoms with Crippen LogP contribution in [0.3, 0.4) is 0 Å². The fourth-order valence-electron chi connectivity index (χ4n) is 2.90. The third-order valence-corrected chi connectivity index (χ3v) is 3.95. The summed E-state index contributed by atoms with van der Waals surface area (Å²) in [5.41, 5.74) is 7.04. The molecule has 2 atom stereocenters. The van der Waals surface area contributed by atoms with Gasteiger partial charge in [-0.1, -0.05) is 0 Å². The molecule has 1 amide bonds. The predicted octanol–water partition coefficient (Wildman–Crippen LogP) is 0.742. The summed E-state index contributed by atoms with van der Waals surface area (Å²) in [4.78, 5) is 14.3. The number of likely N-dealkylation sites (N-methyl/N-ethyl adjacent to an activating group) is 1. The molecule has 1 aromatic carbocycles. The van der Waals surface area contributed by atoms with E-state index in [0.717, 1.165) is 17.1 Å². The van der Waals surface area contributed by atoms with Crippen molar-refractivity contribution < 1.29 is 14.3 Å². The Labute approximate surface area is 131 Å². The summed E-state index contributed by atoms with van der Waals surface area (Å²) in [6, 6.07) is 5.51. The standard InChI is InChI=1S/C16H25N3O3/c1-4-18-16(20)14-8-12(17)10-19(14)9-11-7-13(21-2)5-6-15(11)22-3/h5-7,12,14H,4,8-10,17H2,1-3H3,(H,18,20)/t12-,14-/m0/s1. The van der Waals surface area contributed by atoms with Gasteiger partial charge in [0.05, 0.1) is 20.3 Å². The van der Waals surface area contributed by atoms with Gasteiger partial charge in [-0.25, -0.2) is 0 Å². The Morgan fingerprint density at radius 2 is 2.18 bits per heavy atom. The van der Waals surface area contributed by atoms with E-state index in [9.17, 15) is 4.79 Å². The minimum absolute atomic E-state index is 0.0178. The Balaban J connectivity index is 2.18. The molecule has 6 nitrogen and oxygen atoms in total. The lowest BCUT2D eigenvalue weighted by Gasteiger charge is -2.24. The maximum absolute atomic E-state index is 12.2. The lowest BCUT2D eigenvalue weighted by atomic mass is 10.1. The van der Waals surface area contributed by atoms with Gasteiger partial charge >= 0.3 is 0 Å². The van der Waals surface area contributed by atoms with Crippen LogP contribution < -0.4 is 20.5 Å². The molecule has 1 heterocycles. The third-order valence-electron chi connectivity index (χ3n) is 3.95. The van der Waals surface area contributed by atoms with Crippen LogP contribution in [0.2, 0.25) is 0 Å². The van der Waals surface area contributed by atoms with Gasteiger partial charge in [-0.05, 0) is 31.5 Å². The summed E-state index contributed by atoms with van der Waals surface area (Å²) in [6.07, 6.45) is 0.679. The zero-order chi connectivity index (χ0) is 16.1. The van der Waals surface area contributed by atoms with Crippen LogP contribution in [0, 0.1) is 0 Å². The maximum atomic E-state index is 12.2.